The molecular weight excluding hydrogens is 224 g/mol. The lowest BCUT2D eigenvalue weighted by atomic mass is 10.1. The molecule has 0 aliphatic carbocycles. The van der Waals surface area contributed by atoms with Crippen LogP contribution in [0.25, 0.3) is 22.2 Å². The van der Waals surface area contributed by atoms with E-state index >= 15 is 0 Å². The van der Waals surface area contributed by atoms with Crippen molar-refractivity contribution in [2.75, 3.05) is 0 Å². The van der Waals surface area contributed by atoms with Crippen molar-refractivity contribution in [1.82, 2.24) is 4.57 Å². The number of para-hydroxylation sites is 1. The van der Waals surface area contributed by atoms with Crippen LogP contribution in [0.2, 0.25) is 0 Å². The van der Waals surface area contributed by atoms with Gasteiger partial charge in [-0.15, -0.1) is 0 Å². The monoisotopic (exact) mass is 238 g/mol. The summed E-state index contributed by atoms with van der Waals surface area (Å²) < 4.78 is 2.99. The van der Waals surface area contributed by atoms with Gasteiger partial charge in [0.25, 0.3) is 0 Å². The molecule has 0 unspecified atom stereocenters. The maximum atomic E-state index is 11.9. The first-order valence-electron chi connectivity index (χ1n) is 5.91. The number of fused-ring (bicyclic) bond motifs is 1. The number of hydrogen-bond acceptors (Lipinski definition) is 1. The molecule has 2 heterocycles. The molecule has 0 radical (unpaired) electrons. The Kier molecular flexibility index (Phi) is 2.33. The molecule has 0 aliphatic rings. The van der Waals surface area contributed by atoms with E-state index in [1.54, 1.807) is 6.07 Å². The number of rotatable bonds is 1. The van der Waals surface area contributed by atoms with Gasteiger partial charge in [0, 0.05) is 30.8 Å². The van der Waals surface area contributed by atoms with Crippen LogP contribution in [0.15, 0.2) is 48.8 Å². The van der Waals surface area contributed by atoms with Gasteiger partial charge in [-0.1, -0.05) is 18.2 Å². The van der Waals surface area contributed by atoms with Crippen LogP contribution in [0.4, 0.5) is 0 Å². The zero-order chi connectivity index (χ0) is 12.7. The summed E-state index contributed by atoms with van der Waals surface area (Å²) in [5.74, 6) is 0. The molecule has 0 atom stereocenters. The summed E-state index contributed by atoms with van der Waals surface area (Å²) in [6.07, 6.45) is 3.55. The molecular formula is C15H14N2O. The third kappa shape index (κ3) is 1.48. The molecule has 3 rings (SSSR count). The van der Waals surface area contributed by atoms with Crippen molar-refractivity contribution in [3.05, 3.63) is 59.6 Å². The fraction of sp³-hybridized carbons (Fsp3) is 0.133. The van der Waals surface area contributed by atoms with Gasteiger partial charge in [0.1, 0.15) is 0 Å². The van der Waals surface area contributed by atoms with Gasteiger partial charge in [-0.2, -0.15) is 4.73 Å². The molecule has 1 aromatic carbocycles. The Labute approximate surface area is 105 Å². The fourth-order valence-corrected chi connectivity index (χ4v) is 2.51. The molecule has 0 saturated heterocycles. The molecule has 3 aromatic rings. The summed E-state index contributed by atoms with van der Waals surface area (Å²) in [5, 5.41) is 13.0. The second-order valence-electron chi connectivity index (χ2n) is 4.54. The molecule has 18 heavy (non-hydrogen) atoms. The standard InChI is InChI=1S/C15H14N2O/c1-11-6-5-7-12-13(10-16(2)15(11)12)14-8-3-4-9-17(14)18/h3-10H,1-2H3. The van der Waals surface area contributed by atoms with E-state index in [1.807, 2.05) is 31.4 Å². The molecule has 2 aromatic heterocycles. The summed E-state index contributed by atoms with van der Waals surface area (Å²) in [4.78, 5) is 0. The third-order valence-corrected chi connectivity index (χ3v) is 3.30. The molecule has 90 valence electrons. The molecule has 0 bridgehead atoms. The molecule has 0 spiro atoms. The van der Waals surface area contributed by atoms with E-state index in [0.29, 0.717) is 5.69 Å². The summed E-state index contributed by atoms with van der Waals surface area (Å²) in [6.45, 7) is 2.09. The van der Waals surface area contributed by atoms with Crippen LogP contribution < -0.4 is 4.73 Å². The van der Waals surface area contributed by atoms with Crippen molar-refractivity contribution in [2.24, 2.45) is 7.05 Å². The number of hydrogen-bond donors (Lipinski definition) is 0. The molecule has 3 heteroatoms. The highest BCUT2D eigenvalue weighted by molar-refractivity contribution is 5.96. The van der Waals surface area contributed by atoms with Gasteiger partial charge in [-0.25, -0.2) is 0 Å². The van der Waals surface area contributed by atoms with Crippen LogP contribution in [0.5, 0.6) is 0 Å². The molecule has 3 nitrogen and oxygen atoms in total. The predicted octanol–water partition coefficient (Wildman–Crippen LogP) is 2.79. The van der Waals surface area contributed by atoms with E-state index in [1.165, 1.54) is 17.3 Å². The van der Waals surface area contributed by atoms with E-state index < -0.39 is 0 Å². The molecule has 0 N–H and O–H groups in total. The van der Waals surface area contributed by atoms with E-state index in [2.05, 4.69) is 23.6 Å². The van der Waals surface area contributed by atoms with Crippen LogP contribution in [0.3, 0.4) is 0 Å². The van der Waals surface area contributed by atoms with Gasteiger partial charge < -0.3 is 9.77 Å². The SMILES string of the molecule is Cc1cccc2c(-c3cccc[n+]3[O-])cn(C)c12. The minimum Gasteiger partial charge on any atom is -0.618 e. The minimum absolute atomic E-state index is 0.689. The third-order valence-electron chi connectivity index (χ3n) is 3.30. The summed E-state index contributed by atoms with van der Waals surface area (Å²) in [6, 6.07) is 11.7. The Morgan fingerprint density at radius 2 is 1.94 bits per heavy atom. The van der Waals surface area contributed by atoms with Crippen molar-refractivity contribution in [1.29, 1.82) is 0 Å². The molecule has 0 amide bonds. The highest BCUT2D eigenvalue weighted by Gasteiger charge is 2.15. The first-order chi connectivity index (χ1) is 8.68. The number of pyridine rings is 1. The van der Waals surface area contributed by atoms with Gasteiger partial charge >= 0.3 is 0 Å². The van der Waals surface area contributed by atoms with E-state index in [9.17, 15) is 5.21 Å². The Bertz CT molecular complexity index is 728. The topological polar surface area (TPSA) is 31.9 Å². The highest BCUT2D eigenvalue weighted by Crippen LogP contribution is 2.29. The first-order valence-corrected chi connectivity index (χ1v) is 5.91. The highest BCUT2D eigenvalue weighted by atomic mass is 16.5. The lowest BCUT2D eigenvalue weighted by molar-refractivity contribution is -0.593. The Balaban J connectivity index is 2.38. The van der Waals surface area contributed by atoms with Crippen LogP contribution in [-0.2, 0) is 7.05 Å². The average molecular weight is 238 g/mol. The van der Waals surface area contributed by atoms with E-state index in [-0.39, 0.29) is 0 Å². The van der Waals surface area contributed by atoms with Crippen molar-refractivity contribution in [3.63, 3.8) is 0 Å². The second-order valence-corrected chi connectivity index (χ2v) is 4.54. The maximum Gasteiger partial charge on any atom is 0.225 e. The predicted molar refractivity (Wildman–Crippen MR) is 72.1 cm³/mol. The molecule has 0 aliphatic heterocycles. The molecule has 0 saturated carbocycles. The van der Waals surface area contributed by atoms with Crippen LogP contribution >= 0.6 is 0 Å². The number of aromatic nitrogens is 2. The van der Waals surface area contributed by atoms with Gasteiger partial charge in [0.05, 0.1) is 11.1 Å². The van der Waals surface area contributed by atoms with Crippen molar-refractivity contribution >= 4 is 10.9 Å². The van der Waals surface area contributed by atoms with Gasteiger partial charge in [0.2, 0.25) is 5.69 Å². The lowest BCUT2D eigenvalue weighted by Gasteiger charge is -2.02. The minimum atomic E-state index is 0.689. The van der Waals surface area contributed by atoms with Gasteiger partial charge in [-0.3, -0.25) is 0 Å². The summed E-state index contributed by atoms with van der Waals surface area (Å²) in [5.41, 5.74) is 4.06. The smallest absolute Gasteiger partial charge is 0.225 e. The summed E-state index contributed by atoms with van der Waals surface area (Å²) in [7, 11) is 2.01. The Hall–Kier alpha value is -2.29. The first kappa shape index (κ1) is 10.8. The van der Waals surface area contributed by atoms with Crippen molar-refractivity contribution in [3.8, 4) is 11.3 Å². The Morgan fingerprint density at radius 1 is 1.11 bits per heavy atom. The normalized spacial score (nSPS) is 11.0. The second kappa shape index (κ2) is 3.88. The van der Waals surface area contributed by atoms with Gasteiger partial charge in [0.15, 0.2) is 6.20 Å². The van der Waals surface area contributed by atoms with E-state index in [4.69, 9.17) is 0 Å². The number of nitrogens with zero attached hydrogens (tertiary/aromatic N) is 2. The molecule has 0 fully saturated rings. The lowest BCUT2D eigenvalue weighted by Crippen LogP contribution is -2.27. The fourth-order valence-electron chi connectivity index (χ4n) is 2.51. The quantitative estimate of drug-likeness (QED) is 0.474. The summed E-state index contributed by atoms with van der Waals surface area (Å²) >= 11 is 0. The van der Waals surface area contributed by atoms with Crippen LogP contribution in [-0.4, -0.2) is 4.57 Å². The van der Waals surface area contributed by atoms with Crippen LogP contribution in [0, 0.1) is 12.1 Å². The van der Waals surface area contributed by atoms with Gasteiger partial charge in [-0.05, 0) is 18.6 Å². The number of benzene rings is 1. The Morgan fingerprint density at radius 3 is 2.72 bits per heavy atom. The van der Waals surface area contributed by atoms with Crippen molar-refractivity contribution < 1.29 is 4.73 Å². The zero-order valence-electron chi connectivity index (χ0n) is 10.4. The maximum absolute atomic E-state index is 11.9. The zero-order valence-corrected chi connectivity index (χ0v) is 10.4. The van der Waals surface area contributed by atoms with E-state index in [0.717, 1.165) is 15.7 Å². The van der Waals surface area contributed by atoms with Crippen LogP contribution in [0.1, 0.15) is 5.56 Å². The number of aryl methyl sites for hydroxylation is 2. The van der Waals surface area contributed by atoms with Crippen molar-refractivity contribution in [2.45, 2.75) is 6.92 Å². The largest absolute Gasteiger partial charge is 0.618 e. The average Bonchev–Trinajstić information content (AvgIpc) is 2.69.